The van der Waals surface area contributed by atoms with Crippen LogP contribution in [0.1, 0.15) is 22.3 Å². The van der Waals surface area contributed by atoms with Gasteiger partial charge >= 0.3 is 0 Å². The molecular weight excluding hydrogens is 542 g/mol. The van der Waals surface area contributed by atoms with Crippen LogP contribution in [0.5, 0.6) is 0 Å². The molecule has 4 aliphatic rings. The number of hydrogen-bond acceptors (Lipinski definition) is 2. The maximum Gasteiger partial charge on any atom is 0.239 e. The SMILES string of the molecule is O=C1C2C(C(=O)N1c1ccc3ccccc3c1)C1(Br)c3ccccc3C2(Br)c2ccccc21. The van der Waals surface area contributed by atoms with Crippen molar-refractivity contribution in [1.82, 2.24) is 0 Å². The molecule has 2 atom stereocenters. The van der Waals surface area contributed by atoms with Crippen LogP contribution in [0.25, 0.3) is 10.8 Å². The molecule has 0 saturated carbocycles. The van der Waals surface area contributed by atoms with E-state index in [4.69, 9.17) is 0 Å². The first-order valence-electron chi connectivity index (χ1n) is 10.9. The summed E-state index contributed by atoms with van der Waals surface area (Å²) in [6.07, 6.45) is 0. The van der Waals surface area contributed by atoms with Gasteiger partial charge in [-0.15, -0.1) is 0 Å². The first kappa shape index (κ1) is 19.7. The molecule has 33 heavy (non-hydrogen) atoms. The molecule has 5 heteroatoms. The molecule has 2 bridgehead atoms. The van der Waals surface area contributed by atoms with Gasteiger partial charge in [-0.3, -0.25) is 9.59 Å². The Morgan fingerprint density at radius 1 is 0.576 bits per heavy atom. The number of carbonyl (C=O) groups excluding carboxylic acids is 2. The zero-order valence-corrected chi connectivity index (χ0v) is 20.5. The molecule has 0 N–H and O–H groups in total. The topological polar surface area (TPSA) is 37.4 Å². The highest BCUT2D eigenvalue weighted by molar-refractivity contribution is 9.10. The second-order valence-corrected chi connectivity index (χ2v) is 11.5. The number of benzene rings is 4. The minimum absolute atomic E-state index is 0.162. The zero-order valence-electron chi connectivity index (χ0n) is 17.3. The van der Waals surface area contributed by atoms with Crippen molar-refractivity contribution < 1.29 is 9.59 Å². The molecule has 160 valence electrons. The van der Waals surface area contributed by atoms with E-state index >= 15 is 0 Å². The van der Waals surface area contributed by atoms with Gasteiger partial charge in [0.05, 0.1) is 26.2 Å². The minimum atomic E-state index is -0.765. The van der Waals surface area contributed by atoms with Gasteiger partial charge in [-0.2, -0.15) is 0 Å². The van der Waals surface area contributed by atoms with E-state index in [2.05, 4.69) is 56.1 Å². The number of anilines is 1. The van der Waals surface area contributed by atoms with Gasteiger partial charge in [-0.1, -0.05) is 111 Å². The van der Waals surface area contributed by atoms with Gasteiger partial charge in [-0.25, -0.2) is 4.90 Å². The van der Waals surface area contributed by atoms with Crippen LogP contribution in [0, 0.1) is 11.8 Å². The van der Waals surface area contributed by atoms with Gasteiger partial charge in [0.2, 0.25) is 11.8 Å². The number of amides is 2. The zero-order chi connectivity index (χ0) is 22.5. The summed E-state index contributed by atoms with van der Waals surface area (Å²) in [6, 6.07) is 30.1. The Morgan fingerprint density at radius 3 is 1.48 bits per heavy atom. The fourth-order valence-corrected chi connectivity index (χ4v) is 8.54. The third kappa shape index (κ3) is 2.20. The maximum atomic E-state index is 14.1. The lowest BCUT2D eigenvalue weighted by Crippen LogP contribution is -2.56. The average Bonchev–Trinajstić information content (AvgIpc) is 3.13. The van der Waals surface area contributed by atoms with E-state index in [0.717, 1.165) is 33.0 Å². The molecule has 1 saturated heterocycles. The fraction of sp³-hybridized carbons (Fsp3) is 0.143. The summed E-state index contributed by atoms with van der Waals surface area (Å²) in [4.78, 5) is 29.6. The molecular formula is C28H17Br2NO2. The average molecular weight is 559 g/mol. The van der Waals surface area contributed by atoms with Crippen molar-refractivity contribution in [3.8, 4) is 0 Å². The number of rotatable bonds is 1. The van der Waals surface area contributed by atoms with E-state index in [-0.39, 0.29) is 11.8 Å². The molecule has 1 fully saturated rings. The van der Waals surface area contributed by atoms with Crippen molar-refractivity contribution >= 4 is 60.1 Å². The summed E-state index contributed by atoms with van der Waals surface area (Å²) in [5.74, 6) is -1.43. The highest BCUT2D eigenvalue weighted by atomic mass is 79.9. The molecule has 1 aliphatic heterocycles. The quantitative estimate of drug-likeness (QED) is 0.204. The standard InChI is InChI=1S/C28H17Br2NO2/c29-27-19-9-3-4-10-20(19)28(30,22-12-6-5-11-21(22)27)24-23(27)25(32)31(26(24)33)18-14-13-16-7-1-2-8-17(16)15-18/h1-15,23-24H. The van der Waals surface area contributed by atoms with Gasteiger partial charge in [0, 0.05) is 0 Å². The lowest BCUT2D eigenvalue weighted by Gasteiger charge is -2.55. The number of imide groups is 1. The number of hydrogen-bond donors (Lipinski definition) is 0. The van der Waals surface area contributed by atoms with Crippen molar-refractivity contribution in [3.05, 3.63) is 113 Å². The highest BCUT2D eigenvalue weighted by Gasteiger charge is 2.72. The van der Waals surface area contributed by atoms with Gasteiger partial charge in [0.1, 0.15) is 0 Å². The molecule has 4 aromatic rings. The monoisotopic (exact) mass is 557 g/mol. The molecule has 2 amide bonds. The number of alkyl halides is 2. The lowest BCUT2D eigenvalue weighted by atomic mass is 9.54. The molecule has 2 unspecified atom stereocenters. The van der Waals surface area contributed by atoms with Crippen LogP contribution in [0.4, 0.5) is 5.69 Å². The van der Waals surface area contributed by atoms with E-state index in [9.17, 15) is 9.59 Å². The Labute approximate surface area is 207 Å². The smallest absolute Gasteiger partial charge is 0.239 e. The summed E-state index contributed by atoms with van der Waals surface area (Å²) in [5, 5.41) is 2.08. The Bertz CT molecular complexity index is 1410. The highest BCUT2D eigenvalue weighted by Crippen LogP contribution is 2.70. The molecule has 3 nitrogen and oxygen atoms in total. The maximum absolute atomic E-state index is 14.1. The molecule has 0 spiro atoms. The van der Waals surface area contributed by atoms with Gasteiger partial charge in [-0.05, 0) is 45.2 Å². The van der Waals surface area contributed by atoms with Crippen molar-refractivity contribution in [2.75, 3.05) is 4.90 Å². The van der Waals surface area contributed by atoms with Crippen molar-refractivity contribution in [1.29, 1.82) is 0 Å². The Hall–Kier alpha value is -2.76. The predicted octanol–water partition coefficient (Wildman–Crippen LogP) is 6.25. The minimum Gasteiger partial charge on any atom is -0.274 e. The number of carbonyl (C=O) groups is 2. The number of nitrogens with zero attached hydrogens (tertiary/aromatic N) is 1. The fourth-order valence-electron chi connectivity index (χ4n) is 6.24. The van der Waals surface area contributed by atoms with E-state index < -0.39 is 20.5 Å². The second-order valence-electron chi connectivity index (χ2n) is 9.01. The summed E-state index contributed by atoms with van der Waals surface area (Å²) < 4.78 is -1.53. The van der Waals surface area contributed by atoms with Crippen LogP contribution in [-0.2, 0) is 18.2 Å². The Morgan fingerprint density at radius 2 is 1.00 bits per heavy atom. The number of halogens is 2. The van der Waals surface area contributed by atoms with E-state index in [0.29, 0.717) is 5.69 Å². The van der Waals surface area contributed by atoms with Gasteiger partial charge in [0.25, 0.3) is 0 Å². The first-order valence-corrected chi connectivity index (χ1v) is 12.5. The summed E-state index contributed by atoms with van der Waals surface area (Å²) >= 11 is 8.10. The van der Waals surface area contributed by atoms with Crippen LogP contribution in [0.3, 0.4) is 0 Å². The van der Waals surface area contributed by atoms with Crippen molar-refractivity contribution in [2.24, 2.45) is 11.8 Å². The summed E-state index contributed by atoms with van der Waals surface area (Å²) in [6.45, 7) is 0. The predicted molar refractivity (Wildman–Crippen MR) is 136 cm³/mol. The third-order valence-electron chi connectivity index (χ3n) is 7.58. The van der Waals surface area contributed by atoms with E-state index in [1.54, 1.807) is 0 Å². The first-order chi connectivity index (χ1) is 16.0. The molecule has 1 heterocycles. The molecule has 4 aromatic carbocycles. The van der Waals surface area contributed by atoms with Gasteiger partial charge in [0.15, 0.2) is 0 Å². The van der Waals surface area contributed by atoms with Crippen molar-refractivity contribution in [2.45, 2.75) is 8.65 Å². The summed E-state index contributed by atoms with van der Waals surface area (Å²) in [7, 11) is 0. The van der Waals surface area contributed by atoms with Crippen LogP contribution in [-0.4, -0.2) is 11.8 Å². The van der Waals surface area contributed by atoms with Crippen LogP contribution in [0.2, 0.25) is 0 Å². The van der Waals surface area contributed by atoms with Gasteiger partial charge < -0.3 is 0 Å². The third-order valence-corrected chi connectivity index (χ3v) is 10.3. The molecule has 3 aliphatic carbocycles. The number of fused-ring (bicyclic) bond motifs is 1. The molecule has 0 aromatic heterocycles. The molecule has 8 rings (SSSR count). The second kappa shape index (κ2) is 6.43. The van der Waals surface area contributed by atoms with Crippen molar-refractivity contribution in [3.63, 3.8) is 0 Å². The van der Waals surface area contributed by atoms with E-state index in [1.165, 1.54) is 4.90 Å². The Kier molecular flexibility index (Phi) is 3.83. The molecule has 0 radical (unpaired) electrons. The van der Waals surface area contributed by atoms with Crippen LogP contribution >= 0.6 is 31.9 Å². The summed E-state index contributed by atoms with van der Waals surface area (Å²) in [5.41, 5.74) is 4.80. The lowest BCUT2D eigenvalue weighted by molar-refractivity contribution is -0.122. The van der Waals surface area contributed by atoms with Crippen LogP contribution in [0.15, 0.2) is 91.0 Å². The Balaban J connectivity index is 1.49. The van der Waals surface area contributed by atoms with E-state index in [1.807, 2.05) is 66.7 Å². The largest absolute Gasteiger partial charge is 0.274 e. The van der Waals surface area contributed by atoms with Crippen LogP contribution < -0.4 is 4.90 Å². The normalized spacial score (nSPS) is 29.2.